The highest BCUT2D eigenvalue weighted by Gasteiger charge is 2.53. The molecule has 12 N–H and O–H groups in total. The predicted molar refractivity (Wildman–Crippen MR) is 383 cm³/mol. The first kappa shape index (κ1) is 89.0. The van der Waals surface area contributed by atoms with Crippen LogP contribution in [0.1, 0.15) is 309 Å². The van der Waals surface area contributed by atoms with Crippen LogP contribution in [0.25, 0.3) is 0 Å². The quantitative estimate of drug-likeness (QED) is 0.0199. The second-order valence-corrected chi connectivity index (χ2v) is 28.2. The molecule has 19 nitrogen and oxygen atoms in total. The van der Waals surface area contributed by atoms with Crippen LogP contribution in [0.4, 0.5) is 0 Å². The van der Waals surface area contributed by atoms with Gasteiger partial charge in [0.1, 0.15) is 73.2 Å². The number of nitrogens with one attached hydrogen (secondary N) is 1. The van der Waals surface area contributed by atoms with Crippen molar-refractivity contribution in [1.82, 2.24) is 5.32 Å². The molecule has 568 valence electrons. The molecule has 3 saturated heterocycles. The molecule has 3 aliphatic rings. The minimum Gasteiger partial charge on any atom is -0.394 e. The summed E-state index contributed by atoms with van der Waals surface area (Å²) in [6.07, 6.45) is 47.0. The molecule has 3 rings (SSSR count). The zero-order valence-electron chi connectivity index (χ0n) is 60.6. The van der Waals surface area contributed by atoms with Crippen LogP contribution in [0.15, 0.2) is 48.6 Å². The highest BCUT2D eigenvalue weighted by atomic mass is 16.8. The minimum absolute atomic E-state index is 0.239. The number of unbranched alkanes of at least 4 members (excludes halogenated alkanes) is 40. The summed E-state index contributed by atoms with van der Waals surface area (Å²) in [5.41, 5.74) is 0. The third kappa shape index (κ3) is 39.8. The Balaban J connectivity index is 1.31. The van der Waals surface area contributed by atoms with E-state index in [1.165, 1.54) is 231 Å². The van der Waals surface area contributed by atoms with Gasteiger partial charge in [-0.15, -0.1) is 0 Å². The fourth-order valence-electron chi connectivity index (χ4n) is 13.2. The number of hydrogen-bond acceptors (Lipinski definition) is 18. The lowest BCUT2D eigenvalue weighted by molar-refractivity contribution is -0.379. The summed E-state index contributed by atoms with van der Waals surface area (Å²) in [7, 11) is 0. The topological polar surface area (TPSA) is 307 Å². The van der Waals surface area contributed by atoms with Crippen molar-refractivity contribution >= 4 is 5.91 Å². The van der Waals surface area contributed by atoms with Crippen LogP contribution >= 0.6 is 0 Å². The van der Waals surface area contributed by atoms with Crippen LogP contribution in [0.2, 0.25) is 0 Å². The molecule has 3 fully saturated rings. The van der Waals surface area contributed by atoms with Gasteiger partial charge in [0.15, 0.2) is 18.9 Å². The van der Waals surface area contributed by atoms with E-state index < -0.39 is 124 Å². The van der Waals surface area contributed by atoms with E-state index >= 15 is 0 Å². The zero-order valence-corrected chi connectivity index (χ0v) is 60.6. The Hall–Kier alpha value is -2.25. The van der Waals surface area contributed by atoms with Crippen LogP contribution in [0.5, 0.6) is 0 Å². The van der Waals surface area contributed by atoms with Gasteiger partial charge in [-0.2, -0.15) is 0 Å². The molecular formula is C78H143NO18. The summed E-state index contributed by atoms with van der Waals surface area (Å²) in [6, 6.07) is -0.989. The summed E-state index contributed by atoms with van der Waals surface area (Å²) in [5, 5.41) is 121. The maximum atomic E-state index is 13.4. The number of ether oxygens (including phenoxy) is 6. The SMILES string of the molecule is CCCCCCC/C=C\C/C=C\CCCCCCCCCCCCCCCCCCCCCCCCCCCC(=O)NC(COC1OC(CO)C(OC2OC(CO)C(OC3OC(CO)C(O)C(O)C3O)C(O)C2O)C(O)C1O)C(O)/C=C/CC/C=C/CCCCCCCCCCC. The maximum Gasteiger partial charge on any atom is 0.220 e. The molecule has 3 heterocycles. The first-order valence-electron chi connectivity index (χ1n) is 39.4. The van der Waals surface area contributed by atoms with E-state index in [2.05, 4.69) is 55.6 Å². The van der Waals surface area contributed by atoms with E-state index in [-0.39, 0.29) is 18.9 Å². The van der Waals surface area contributed by atoms with Gasteiger partial charge < -0.3 is 89.9 Å². The smallest absolute Gasteiger partial charge is 0.220 e. The fraction of sp³-hybridized carbons (Fsp3) is 0.885. The van der Waals surface area contributed by atoms with E-state index in [4.69, 9.17) is 28.4 Å². The molecule has 0 aromatic carbocycles. The Kier molecular flexibility index (Phi) is 54.3. The van der Waals surface area contributed by atoms with E-state index in [1.54, 1.807) is 6.08 Å². The van der Waals surface area contributed by atoms with E-state index in [9.17, 15) is 61.0 Å². The van der Waals surface area contributed by atoms with Gasteiger partial charge in [0, 0.05) is 6.42 Å². The van der Waals surface area contributed by atoms with E-state index in [0.717, 1.165) is 44.9 Å². The van der Waals surface area contributed by atoms with Crippen molar-refractivity contribution in [3.8, 4) is 0 Å². The van der Waals surface area contributed by atoms with Gasteiger partial charge in [-0.3, -0.25) is 4.79 Å². The van der Waals surface area contributed by atoms with Crippen molar-refractivity contribution in [2.75, 3.05) is 26.4 Å². The molecule has 17 unspecified atom stereocenters. The standard InChI is InChI=1S/C78H143NO18/c1-3-5-7-9-11-13-15-17-19-20-21-22-23-24-25-26-27-28-29-30-31-32-33-34-35-36-37-38-39-40-42-44-46-48-50-52-54-56-66(84)79-61(62(83)55-53-51-49-47-45-43-41-18-16-14-12-10-8-6-4-2)60-92-76-72(90)69(87)74(64(58-81)94-76)97-78-73(91)70(88)75(65(59-82)95-78)96-77-71(89)68(86)67(85)63(57-80)93-77/h15,17,20-21,45,47,53,55,61-65,67-78,80-83,85-91H,3-14,16,18-19,22-44,46,48-52,54,56-60H2,1-2H3,(H,79,84)/b17-15-,21-20-,47-45+,55-53+. The lowest BCUT2D eigenvalue weighted by atomic mass is 9.96. The van der Waals surface area contributed by atoms with Crippen LogP contribution in [0.3, 0.4) is 0 Å². The second-order valence-electron chi connectivity index (χ2n) is 28.2. The zero-order chi connectivity index (χ0) is 70.4. The number of carbonyl (C=O) groups excluding carboxylic acids is 1. The number of amides is 1. The van der Waals surface area contributed by atoms with Gasteiger partial charge in [-0.1, -0.05) is 287 Å². The summed E-state index contributed by atoms with van der Waals surface area (Å²) in [6.45, 7) is 1.72. The third-order valence-electron chi connectivity index (χ3n) is 19.6. The number of aliphatic hydroxyl groups excluding tert-OH is 11. The number of rotatable bonds is 62. The van der Waals surface area contributed by atoms with E-state index in [1.807, 2.05) is 6.08 Å². The average Bonchev–Trinajstić information content (AvgIpc) is 0.789. The number of carbonyl (C=O) groups is 1. The van der Waals surface area contributed by atoms with Gasteiger partial charge in [0.05, 0.1) is 38.6 Å². The van der Waals surface area contributed by atoms with Gasteiger partial charge in [0.25, 0.3) is 0 Å². The highest BCUT2D eigenvalue weighted by Crippen LogP contribution is 2.33. The molecule has 0 aromatic rings. The molecule has 97 heavy (non-hydrogen) atoms. The monoisotopic (exact) mass is 1380 g/mol. The largest absolute Gasteiger partial charge is 0.394 e. The summed E-state index contributed by atoms with van der Waals surface area (Å²) >= 11 is 0. The molecule has 0 aliphatic carbocycles. The lowest BCUT2D eigenvalue weighted by Gasteiger charge is -2.48. The molecule has 0 spiro atoms. The van der Waals surface area contributed by atoms with Crippen molar-refractivity contribution in [1.29, 1.82) is 0 Å². The molecule has 17 atom stereocenters. The third-order valence-corrected chi connectivity index (χ3v) is 19.6. The normalized spacial score (nSPS) is 27.1. The van der Waals surface area contributed by atoms with Gasteiger partial charge in [-0.25, -0.2) is 0 Å². The molecule has 19 heteroatoms. The second kappa shape index (κ2) is 59.2. The first-order valence-corrected chi connectivity index (χ1v) is 39.4. The van der Waals surface area contributed by atoms with Crippen molar-refractivity contribution in [2.45, 2.75) is 413 Å². The Bertz CT molecular complexity index is 1940. The Morgan fingerprint density at radius 2 is 0.691 bits per heavy atom. The van der Waals surface area contributed by atoms with E-state index in [0.29, 0.717) is 12.8 Å². The molecular weight excluding hydrogens is 1240 g/mol. The minimum atomic E-state index is -1.98. The lowest BCUT2D eigenvalue weighted by Crippen LogP contribution is -2.66. The fourth-order valence-corrected chi connectivity index (χ4v) is 13.2. The maximum absolute atomic E-state index is 13.4. The summed E-state index contributed by atoms with van der Waals surface area (Å²) in [5.74, 6) is -0.281. The van der Waals surface area contributed by atoms with Crippen LogP contribution in [0, 0.1) is 0 Å². The highest BCUT2D eigenvalue weighted by molar-refractivity contribution is 5.76. The molecule has 1 amide bonds. The van der Waals surface area contributed by atoms with Gasteiger partial charge >= 0.3 is 0 Å². The van der Waals surface area contributed by atoms with Crippen LogP contribution in [-0.4, -0.2) is 193 Å². The molecule has 0 aromatic heterocycles. The van der Waals surface area contributed by atoms with Gasteiger partial charge in [-0.05, 0) is 64.2 Å². The average molecular weight is 1380 g/mol. The van der Waals surface area contributed by atoms with Crippen molar-refractivity contribution < 1.29 is 89.4 Å². The molecule has 0 bridgehead atoms. The number of aliphatic hydroxyl groups is 11. The van der Waals surface area contributed by atoms with Crippen LogP contribution < -0.4 is 5.32 Å². The Morgan fingerprint density at radius 3 is 1.09 bits per heavy atom. The molecule has 0 radical (unpaired) electrons. The summed E-state index contributed by atoms with van der Waals surface area (Å²) < 4.78 is 34.4. The van der Waals surface area contributed by atoms with Gasteiger partial charge in [0.2, 0.25) is 5.91 Å². The summed E-state index contributed by atoms with van der Waals surface area (Å²) in [4.78, 5) is 13.4. The number of allylic oxidation sites excluding steroid dienone is 7. The van der Waals surface area contributed by atoms with Crippen molar-refractivity contribution in [3.63, 3.8) is 0 Å². The Morgan fingerprint density at radius 1 is 0.371 bits per heavy atom. The number of hydrogen-bond donors (Lipinski definition) is 12. The Labute approximate surface area is 586 Å². The van der Waals surface area contributed by atoms with Crippen LogP contribution in [-0.2, 0) is 33.2 Å². The first-order chi connectivity index (χ1) is 47.3. The van der Waals surface area contributed by atoms with Crippen molar-refractivity contribution in [3.05, 3.63) is 48.6 Å². The predicted octanol–water partition coefficient (Wildman–Crippen LogP) is 12.5. The van der Waals surface area contributed by atoms with Crippen molar-refractivity contribution in [2.24, 2.45) is 0 Å². The molecule has 0 saturated carbocycles. The molecule has 3 aliphatic heterocycles.